The molecule has 0 atom stereocenters. The van der Waals surface area contributed by atoms with Crippen LogP contribution < -0.4 is 5.32 Å². The van der Waals surface area contributed by atoms with Gasteiger partial charge in [0, 0.05) is 17.1 Å². The highest BCUT2D eigenvalue weighted by Crippen LogP contribution is 2.26. The zero-order valence-corrected chi connectivity index (χ0v) is 15.9. The molecular weight excluding hydrogens is 369 g/mol. The number of hydrogen-bond acceptors (Lipinski definition) is 5. The van der Waals surface area contributed by atoms with Crippen LogP contribution in [0.5, 0.6) is 0 Å². The second-order valence-corrected chi connectivity index (χ2v) is 7.42. The molecule has 1 N–H and O–H groups in total. The van der Waals surface area contributed by atoms with Crippen LogP contribution in [0, 0.1) is 5.82 Å². The van der Waals surface area contributed by atoms with E-state index >= 15 is 0 Å². The molecule has 1 saturated carbocycles. The van der Waals surface area contributed by atoms with Gasteiger partial charge in [-0.1, -0.05) is 25.3 Å². The standard InChI is InChI=1S/C19H22FN3O3S/c1-26-18(24)16-12-27-17(22-16)11-23(15-8-3-2-4-9-15)19(25)21-14-7-5-6-13(20)10-14/h5-7,10,12,15H,2-4,8-9,11H2,1H3,(H,21,25). The fourth-order valence-corrected chi connectivity index (χ4v) is 4.01. The average Bonchev–Trinajstić information content (AvgIpc) is 3.15. The number of carbonyl (C=O) groups excluding carboxylic acids is 2. The van der Waals surface area contributed by atoms with E-state index in [2.05, 4.69) is 15.0 Å². The van der Waals surface area contributed by atoms with Crippen molar-refractivity contribution in [2.24, 2.45) is 0 Å². The van der Waals surface area contributed by atoms with E-state index in [1.165, 1.54) is 37.0 Å². The number of hydrogen-bond donors (Lipinski definition) is 1. The molecule has 1 fully saturated rings. The van der Waals surface area contributed by atoms with E-state index in [1.54, 1.807) is 22.4 Å². The van der Waals surface area contributed by atoms with E-state index in [9.17, 15) is 14.0 Å². The van der Waals surface area contributed by atoms with E-state index in [0.717, 1.165) is 25.7 Å². The highest BCUT2D eigenvalue weighted by Gasteiger charge is 2.27. The number of halogens is 1. The molecule has 8 heteroatoms. The smallest absolute Gasteiger partial charge is 0.357 e. The summed E-state index contributed by atoms with van der Waals surface area (Å²) in [5.41, 5.74) is 0.654. The molecule has 1 aliphatic carbocycles. The summed E-state index contributed by atoms with van der Waals surface area (Å²) >= 11 is 1.32. The SMILES string of the molecule is COC(=O)c1csc(CN(C(=O)Nc2cccc(F)c2)C2CCCCC2)n1. The second-order valence-electron chi connectivity index (χ2n) is 6.48. The monoisotopic (exact) mass is 391 g/mol. The van der Waals surface area contributed by atoms with E-state index in [0.29, 0.717) is 17.2 Å². The number of amides is 2. The van der Waals surface area contributed by atoms with Gasteiger partial charge in [0.25, 0.3) is 0 Å². The highest BCUT2D eigenvalue weighted by atomic mass is 32.1. The molecular formula is C19H22FN3O3S. The molecule has 1 aromatic carbocycles. The Balaban J connectivity index is 1.76. The maximum absolute atomic E-state index is 13.4. The van der Waals surface area contributed by atoms with Crippen LogP contribution in [0.4, 0.5) is 14.9 Å². The number of anilines is 1. The molecule has 6 nitrogen and oxygen atoms in total. The number of nitrogens with zero attached hydrogens (tertiary/aromatic N) is 2. The maximum Gasteiger partial charge on any atom is 0.357 e. The Morgan fingerprint density at radius 3 is 2.81 bits per heavy atom. The molecule has 0 unspecified atom stereocenters. The van der Waals surface area contributed by atoms with Crippen molar-refractivity contribution in [2.75, 3.05) is 12.4 Å². The normalized spacial score (nSPS) is 14.6. The third-order valence-electron chi connectivity index (χ3n) is 4.60. The lowest BCUT2D eigenvalue weighted by atomic mass is 9.94. The molecule has 3 rings (SSSR count). The summed E-state index contributed by atoms with van der Waals surface area (Å²) in [5.74, 6) is -0.898. The van der Waals surface area contributed by atoms with Gasteiger partial charge in [0.2, 0.25) is 0 Å². The van der Waals surface area contributed by atoms with Gasteiger partial charge in [-0.3, -0.25) is 0 Å². The fourth-order valence-electron chi connectivity index (χ4n) is 3.25. The number of esters is 1. The van der Waals surface area contributed by atoms with Crippen LogP contribution in [0.25, 0.3) is 0 Å². The van der Waals surface area contributed by atoms with Gasteiger partial charge in [-0.2, -0.15) is 0 Å². The fraction of sp³-hybridized carbons (Fsp3) is 0.421. The number of carbonyl (C=O) groups is 2. The van der Waals surface area contributed by atoms with Crippen molar-refractivity contribution >= 4 is 29.0 Å². The largest absolute Gasteiger partial charge is 0.464 e. The van der Waals surface area contributed by atoms with Crippen LogP contribution in [0.2, 0.25) is 0 Å². The lowest BCUT2D eigenvalue weighted by Crippen LogP contribution is -2.43. The Labute approximate surface area is 161 Å². The van der Waals surface area contributed by atoms with Crippen LogP contribution >= 0.6 is 11.3 Å². The first-order valence-corrected chi connectivity index (χ1v) is 9.80. The third kappa shape index (κ3) is 5.03. The average molecular weight is 391 g/mol. The van der Waals surface area contributed by atoms with Crippen molar-refractivity contribution in [3.63, 3.8) is 0 Å². The van der Waals surface area contributed by atoms with Crippen LogP contribution in [-0.4, -0.2) is 35.0 Å². The number of rotatable bonds is 5. The van der Waals surface area contributed by atoms with Crippen molar-refractivity contribution in [1.29, 1.82) is 0 Å². The van der Waals surface area contributed by atoms with Crippen LogP contribution in [0.1, 0.15) is 47.6 Å². The second kappa shape index (κ2) is 8.94. The third-order valence-corrected chi connectivity index (χ3v) is 5.44. The van der Waals surface area contributed by atoms with Crippen molar-refractivity contribution in [3.05, 3.63) is 46.2 Å². The zero-order chi connectivity index (χ0) is 19.2. The minimum Gasteiger partial charge on any atom is -0.464 e. The first kappa shape index (κ1) is 19.3. The number of ether oxygens (including phenoxy) is 1. The van der Waals surface area contributed by atoms with E-state index in [4.69, 9.17) is 0 Å². The molecule has 2 aromatic rings. The predicted octanol–water partition coefficient (Wildman–Crippen LogP) is 4.44. The minimum atomic E-state index is -0.495. The molecule has 27 heavy (non-hydrogen) atoms. The molecule has 0 saturated heterocycles. The van der Waals surface area contributed by atoms with E-state index in [1.807, 2.05) is 0 Å². The number of methoxy groups -OCH3 is 1. The quantitative estimate of drug-likeness (QED) is 0.765. The molecule has 2 amide bonds. The summed E-state index contributed by atoms with van der Waals surface area (Å²) in [6, 6.07) is 5.63. The molecule has 0 aliphatic heterocycles. The molecule has 144 valence electrons. The minimum absolute atomic E-state index is 0.0952. The highest BCUT2D eigenvalue weighted by molar-refractivity contribution is 7.09. The number of aromatic nitrogens is 1. The first-order valence-electron chi connectivity index (χ1n) is 8.92. The van der Waals surface area contributed by atoms with Gasteiger partial charge < -0.3 is 15.0 Å². The Morgan fingerprint density at radius 2 is 2.11 bits per heavy atom. The summed E-state index contributed by atoms with van der Waals surface area (Å²) in [6.07, 6.45) is 5.15. The van der Waals surface area contributed by atoms with Gasteiger partial charge >= 0.3 is 12.0 Å². The Kier molecular flexibility index (Phi) is 6.39. The van der Waals surface area contributed by atoms with Crippen molar-refractivity contribution < 1.29 is 18.7 Å². The summed E-state index contributed by atoms with van der Waals surface area (Å²) in [6.45, 7) is 0.299. The zero-order valence-electron chi connectivity index (χ0n) is 15.1. The number of thiazole rings is 1. The molecule has 0 bridgehead atoms. The summed E-state index contributed by atoms with van der Waals surface area (Å²) in [4.78, 5) is 30.5. The number of urea groups is 1. The van der Waals surface area contributed by atoms with Gasteiger partial charge in [0.1, 0.15) is 10.8 Å². The summed E-state index contributed by atoms with van der Waals surface area (Å²) < 4.78 is 18.1. The molecule has 0 radical (unpaired) electrons. The van der Waals surface area contributed by atoms with E-state index < -0.39 is 11.8 Å². The van der Waals surface area contributed by atoms with Crippen molar-refractivity contribution in [1.82, 2.24) is 9.88 Å². The molecule has 1 aliphatic rings. The van der Waals surface area contributed by atoms with E-state index in [-0.39, 0.29) is 17.8 Å². The lowest BCUT2D eigenvalue weighted by molar-refractivity contribution is 0.0594. The van der Waals surface area contributed by atoms with Crippen molar-refractivity contribution in [2.45, 2.75) is 44.7 Å². The lowest BCUT2D eigenvalue weighted by Gasteiger charge is -2.33. The first-order chi connectivity index (χ1) is 13.1. The van der Waals surface area contributed by atoms with Gasteiger partial charge in [0.15, 0.2) is 5.69 Å². The molecule has 1 heterocycles. The van der Waals surface area contributed by atoms with Gasteiger partial charge in [-0.05, 0) is 31.0 Å². The Hall–Kier alpha value is -2.48. The van der Waals surface area contributed by atoms with Gasteiger partial charge in [0.05, 0.1) is 13.7 Å². The number of nitrogens with one attached hydrogen (secondary N) is 1. The van der Waals surface area contributed by atoms with Gasteiger partial charge in [-0.15, -0.1) is 11.3 Å². The Bertz CT molecular complexity index is 805. The van der Waals surface area contributed by atoms with Gasteiger partial charge in [-0.25, -0.2) is 19.0 Å². The molecule has 1 aromatic heterocycles. The Morgan fingerprint density at radius 1 is 1.33 bits per heavy atom. The topological polar surface area (TPSA) is 71.5 Å². The maximum atomic E-state index is 13.4. The van der Waals surface area contributed by atoms with Crippen molar-refractivity contribution in [3.8, 4) is 0 Å². The summed E-state index contributed by atoms with van der Waals surface area (Å²) in [7, 11) is 1.31. The predicted molar refractivity (Wildman–Crippen MR) is 101 cm³/mol. The molecule has 0 spiro atoms. The summed E-state index contributed by atoms with van der Waals surface area (Å²) in [5, 5.41) is 5.07. The van der Waals surface area contributed by atoms with Crippen LogP contribution in [-0.2, 0) is 11.3 Å². The number of benzene rings is 1. The van der Waals surface area contributed by atoms with Crippen LogP contribution in [0.3, 0.4) is 0 Å². The van der Waals surface area contributed by atoms with Crippen LogP contribution in [0.15, 0.2) is 29.6 Å².